The topological polar surface area (TPSA) is 76.1 Å². The molecule has 2 aliphatic rings. The van der Waals surface area contributed by atoms with E-state index in [-0.39, 0.29) is 12.1 Å². The first-order valence-electron chi connectivity index (χ1n) is 14.8. The van der Waals surface area contributed by atoms with Gasteiger partial charge in [0.15, 0.2) is 0 Å². The summed E-state index contributed by atoms with van der Waals surface area (Å²) < 4.78 is 29.7. The average Bonchev–Trinajstić information content (AvgIpc) is 3.65. The molecule has 1 aliphatic carbocycles. The van der Waals surface area contributed by atoms with Gasteiger partial charge in [0.2, 0.25) is 0 Å². The van der Waals surface area contributed by atoms with Crippen LogP contribution in [0.15, 0.2) is 35.2 Å². The van der Waals surface area contributed by atoms with Crippen molar-refractivity contribution in [3.05, 3.63) is 51.8 Å². The standard InChI is InChI=1S/C33H41NO6S/c1-4-6-26-29(14-10-23-9-11-24(40-32(23)26)12-16-31(35)36-2)38-17-5-18-39-30-15-13-25(28-20-41-21-34-28)33(37-3)27(30)19-22-7-8-22/h10,13-15,20-22,24H,4-9,11-12,16-19H2,1-3H3. The number of nitrogens with zero attached hydrogens (tertiary/aromatic N) is 1. The van der Waals surface area contributed by atoms with Crippen molar-refractivity contribution in [3.8, 4) is 34.3 Å². The third kappa shape index (κ3) is 7.34. The van der Waals surface area contributed by atoms with E-state index in [9.17, 15) is 4.79 Å². The number of aryl methyl sites for hydroxylation is 1. The minimum absolute atomic E-state index is 0.0181. The predicted molar refractivity (Wildman–Crippen MR) is 161 cm³/mol. The van der Waals surface area contributed by atoms with Gasteiger partial charge < -0.3 is 23.7 Å². The molecule has 2 aromatic carbocycles. The van der Waals surface area contributed by atoms with Crippen LogP contribution in [-0.2, 0) is 28.8 Å². The summed E-state index contributed by atoms with van der Waals surface area (Å²) in [5, 5.41) is 2.05. The smallest absolute Gasteiger partial charge is 0.305 e. The number of benzene rings is 2. The highest BCUT2D eigenvalue weighted by molar-refractivity contribution is 7.07. The molecule has 0 amide bonds. The fraction of sp³-hybridized carbons (Fsp3) is 0.515. The molecule has 0 N–H and O–H groups in total. The van der Waals surface area contributed by atoms with Gasteiger partial charge in [-0.2, -0.15) is 0 Å². The van der Waals surface area contributed by atoms with Crippen molar-refractivity contribution in [1.82, 2.24) is 4.98 Å². The van der Waals surface area contributed by atoms with Gasteiger partial charge >= 0.3 is 5.97 Å². The minimum atomic E-state index is -0.194. The molecule has 220 valence electrons. The molecule has 8 heteroatoms. The highest BCUT2D eigenvalue weighted by atomic mass is 32.1. The van der Waals surface area contributed by atoms with Crippen LogP contribution in [-0.4, -0.2) is 44.5 Å². The first-order chi connectivity index (χ1) is 20.1. The lowest BCUT2D eigenvalue weighted by Crippen LogP contribution is -2.25. The molecular formula is C33H41NO6S. The SMILES string of the molecule is CCCc1c(OCCCOc2ccc(-c3cscn3)c(OC)c2CC2CC2)ccc2c1OC(CCC(=O)OC)CC2. The number of hydrogen-bond donors (Lipinski definition) is 0. The van der Waals surface area contributed by atoms with E-state index in [2.05, 4.69) is 41.6 Å². The van der Waals surface area contributed by atoms with Crippen molar-refractivity contribution < 1.29 is 28.5 Å². The third-order valence-electron chi connectivity index (χ3n) is 7.84. The van der Waals surface area contributed by atoms with Gasteiger partial charge in [-0.15, -0.1) is 11.3 Å². The van der Waals surface area contributed by atoms with Gasteiger partial charge in [-0.1, -0.05) is 19.4 Å². The molecule has 5 rings (SSSR count). The Hall–Kier alpha value is -3.26. The van der Waals surface area contributed by atoms with E-state index in [0.29, 0.717) is 32.0 Å². The van der Waals surface area contributed by atoms with E-state index in [0.717, 1.165) is 83.9 Å². The number of hydrogen-bond acceptors (Lipinski definition) is 8. The Morgan fingerprint density at radius 1 is 1.05 bits per heavy atom. The van der Waals surface area contributed by atoms with Gasteiger partial charge in [0.05, 0.1) is 44.7 Å². The maximum Gasteiger partial charge on any atom is 0.305 e. The van der Waals surface area contributed by atoms with E-state index in [4.69, 9.17) is 23.7 Å². The molecule has 3 aromatic rings. The van der Waals surface area contributed by atoms with Crippen LogP contribution in [0.25, 0.3) is 11.3 Å². The summed E-state index contributed by atoms with van der Waals surface area (Å²) in [7, 11) is 3.16. The summed E-state index contributed by atoms with van der Waals surface area (Å²) in [4.78, 5) is 16.1. The number of ether oxygens (including phenoxy) is 5. The molecule has 0 radical (unpaired) electrons. The molecule has 1 fully saturated rings. The molecule has 2 heterocycles. The number of fused-ring (bicyclic) bond motifs is 1. The lowest BCUT2D eigenvalue weighted by atomic mass is 9.95. The zero-order chi connectivity index (χ0) is 28.6. The predicted octanol–water partition coefficient (Wildman–Crippen LogP) is 7.22. The Labute approximate surface area is 247 Å². The Morgan fingerprint density at radius 3 is 2.51 bits per heavy atom. The normalized spacial score (nSPS) is 16.0. The van der Waals surface area contributed by atoms with E-state index < -0.39 is 0 Å². The highest BCUT2D eigenvalue weighted by Crippen LogP contribution is 2.44. The van der Waals surface area contributed by atoms with Gasteiger partial charge in [-0.25, -0.2) is 4.98 Å². The van der Waals surface area contributed by atoms with Crippen LogP contribution >= 0.6 is 11.3 Å². The van der Waals surface area contributed by atoms with E-state index >= 15 is 0 Å². The van der Waals surface area contributed by atoms with Crippen LogP contribution in [0.5, 0.6) is 23.0 Å². The van der Waals surface area contributed by atoms with Gasteiger partial charge in [0.25, 0.3) is 0 Å². The largest absolute Gasteiger partial charge is 0.496 e. The summed E-state index contributed by atoms with van der Waals surface area (Å²) >= 11 is 1.59. The Morgan fingerprint density at radius 2 is 1.83 bits per heavy atom. The minimum Gasteiger partial charge on any atom is -0.496 e. The summed E-state index contributed by atoms with van der Waals surface area (Å²) in [5.74, 6) is 4.09. The zero-order valence-electron chi connectivity index (χ0n) is 24.4. The molecule has 0 bridgehead atoms. The number of methoxy groups -OCH3 is 2. The van der Waals surface area contributed by atoms with Crippen LogP contribution in [0, 0.1) is 5.92 Å². The molecule has 1 aromatic heterocycles. The molecule has 7 nitrogen and oxygen atoms in total. The van der Waals surface area contributed by atoms with Crippen molar-refractivity contribution in [1.29, 1.82) is 0 Å². The first kappa shape index (κ1) is 29.2. The lowest BCUT2D eigenvalue weighted by molar-refractivity contribution is -0.141. The van der Waals surface area contributed by atoms with E-state index in [1.165, 1.54) is 25.5 Å². The number of esters is 1. The maximum absolute atomic E-state index is 11.6. The van der Waals surface area contributed by atoms with E-state index in [1.54, 1.807) is 18.4 Å². The van der Waals surface area contributed by atoms with Gasteiger partial charge in [0.1, 0.15) is 23.0 Å². The Kier molecular flexibility index (Phi) is 10.0. The Balaban J connectivity index is 1.21. The monoisotopic (exact) mass is 579 g/mol. The van der Waals surface area contributed by atoms with Crippen LogP contribution in [0.1, 0.15) is 68.6 Å². The van der Waals surface area contributed by atoms with Crippen molar-refractivity contribution in [2.45, 2.75) is 77.2 Å². The lowest BCUT2D eigenvalue weighted by Gasteiger charge is -2.29. The molecule has 1 aliphatic heterocycles. The molecular weight excluding hydrogens is 538 g/mol. The molecule has 41 heavy (non-hydrogen) atoms. The molecule has 1 unspecified atom stereocenters. The third-order valence-corrected chi connectivity index (χ3v) is 8.43. The average molecular weight is 580 g/mol. The summed E-state index contributed by atoms with van der Waals surface area (Å²) in [6.45, 7) is 3.27. The summed E-state index contributed by atoms with van der Waals surface area (Å²) in [6.07, 6.45) is 9.02. The molecule has 0 saturated heterocycles. The number of aromatic nitrogens is 1. The number of carbonyl (C=O) groups is 1. The molecule has 1 atom stereocenters. The first-order valence-corrected chi connectivity index (χ1v) is 15.8. The zero-order valence-corrected chi connectivity index (χ0v) is 25.2. The van der Waals surface area contributed by atoms with Crippen molar-refractivity contribution >= 4 is 17.3 Å². The number of carbonyl (C=O) groups excluding carboxylic acids is 1. The number of thiazole rings is 1. The van der Waals surface area contributed by atoms with Gasteiger partial charge in [-0.05, 0) is 74.6 Å². The summed E-state index contributed by atoms with van der Waals surface area (Å²) in [6, 6.07) is 8.32. The second-order valence-corrected chi connectivity index (χ2v) is 11.6. The molecule has 0 spiro atoms. The van der Waals surface area contributed by atoms with Crippen LogP contribution in [0.4, 0.5) is 0 Å². The highest BCUT2D eigenvalue weighted by Gasteiger charge is 2.28. The molecule has 1 saturated carbocycles. The summed E-state index contributed by atoms with van der Waals surface area (Å²) in [5.41, 5.74) is 7.30. The second kappa shape index (κ2) is 14.1. The van der Waals surface area contributed by atoms with Crippen molar-refractivity contribution in [2.24, 2.45) is 5.92 Å². The van der Waals surface area contributed by atoms with E-state index in [1.807, 2.05) is 5.51 Å². The van der Waals surface area contributed by atoms with Crippen molar-refractivity contribution in [2.75, 3.05) is 27.4 Å². The fourth-order valence-electron chi connectivity index (χ4n) is 5.50. The quantitative estimate of drug-likeness (QED) is 0.139. The van der Waals surface area contributed by atoms with Gasteiger partial charge in [0, 0.05) is 34.9 Å². The second-order valence-electron chi connectivity index (χ2n) is 10.9. The van der Waals surface area contributed by atoms with Crippen LogP contribution in [0.2, 0.25) is 0 Å². The number of rotatable bonds is 15. The fourth-order valence-corrected chi connectivity index (χ4v) is 6.05. The van der Waals surface area contributed by atoms with Crippen LogP contribution in [0.3, 0.4) is 0 Å². The Bertz CT molecular complexity index is 1300. The van der Waals surface area contributed by atoms with Crippen LogP contribution < -0.4 is 18.9 Å². The van der Waals surface area contributed by atoms with Gasteiger partial charge in [-0.3, -0.25) is 4.79 Å². The van der Waals surface area contributed by atoms with Crippen molar-refractivity contribution in [3.63, 3.8) is 0 Å². The maximum atomic E-state index is 11.6.